The molecule has 1 amide bonds. The molecule has 3 aromatic heterocycles. The summed E-state index contributed by atoms with van der Waals surface area (Å²) in [4.78, 5) is 31.6. The van der Waals surface area contributed by atoms with Gasteiger partial charge in [-0.3, -0.25) is 9.59 Å². The quantitative estimate of drug-likeness (QED) is 0.459. The van der Waals surface area contributed by atoms with Gasteiger partial charge in [-0.15, -0.1) is 21.5 Å². The average Bonchev–Trinajstić information content (AvgIpc) is 3.73. The minimum Gasteiger partial charge on any atom is -0.420 e. The van der Waals surface area contributed by atoms with Crippen LogP contribution in [0.4, 0.5) is 10.8 Å². The summed E-state index contributed by atoms with van der Waals surface area (Å²) in [6.07, 6.45) is 9.91. The summed E-state index contributed by atoms with van der Waals surface area (Å²) in [6.45, 7) is 1.73. The van der Waals surface area contributed by atoms with Crippen LogP contribution in [0.5, 0.6) is 0 Å². The summed E-state index contributed by atoms with van der Waals surface area (Å²) in [5.41, 5.74) is 8.72. The van der Waals surface area contributed by atoms with Gasteiger partial charge in [0.05, 0.1) is 11.9 Å². The molecule has 9 nitrogen and oxygen atoms in total. The molecule has 3 heterocycles. The SMILES string of the molecule is Cc1nnc(-c2ncn([C@H]3CCc4sc(NC(=O)C5CC5)c(C(=O)CCC5CC5)c4C3)c2N)o1. The molecule has 0 saturated heterocycles. The number of aryl methyl sites for hydroxylation is 2. The van der Waals surface area contributed by atoms with Crippen molar-refractivity contribution in [2.24, 2.45) is 11.8 Å². The Labute approximate surface area is 201 Å². The van der Waals surface area contributed by atoms with Crippen molar-refractivity contribution in [2.45, 2.75) is 70.8 Å². The Kier molecular flexibility index (Phi) is 5.28. The molecular formula is C24H28N6O3S. The van der Waals surface area contributed by atoms with Crippen molar-refractivity contribution in [1.29, 1.82) is 0 Å². The van der Waals surface area contributed by atoms with E-state index < -0.39 is 0 Å². The third kappa shape index (κ3) is 4.04. The first kappa shape index (κ1) is 21.5. The molecule has 34 heavy (non-hydrogen) atoms. The molecule has 0 unspecified atom stereocenters. The number of hydrogen-bond donors (Lipinski definition) is 2. The molecule has 10 heteroatoms. The lowest BCUT2D eigenvalue weighted by molar-refractivity contribution is -0.117. The van der Waals surface area contributed by atoms with Crippen LogP contribution < -0.4 is 11.1 Å². The molecule has 3 aromatic rings. The number of thiophene rings is 1. The zero-order valence-electron chi connectivity index (χ0n) is 19.2. The number of ketones is 1. The molecule has 2 fully saturated rings. The van der Waals surface area contributed by atoms with Gasteiger partial charge in [-0.1, -0.05) is 12.8 Å². The van der Waals surface area contributed by atoms with E-state index in [0.717, 1.165) is 48.2 Å². The number of anilines is 2. The number of nitrogens with two attached hydrogens (primary N) is 1. The van der Waals surface area contributed by atoms with E-state index in [9.17, 15) is 9.59 Å². The molecule has 0 aromatic carbocycles. The molecule has 3 aliphatic rings. The number of amides is 1. The van der Waals surface area contributed by atoms with Gasteiger partial charge in [0.2, 0.25) is 11.8 Å². The number of nitrogen functional groups attached to an aromatic ring is 1. The summed E-state index contributed by atoms with van der Waals surface area (Å²) in [5, 5.41) is 11.7. The van der Waals surface area contributed by atoms with E-state index in [4.69, 9.17) is 10.2 Å². The number of nitrogens with zero attached hydrogens (tertiary/aromatic N) is 4. The average molecular weight is 481 g/mol. The van der Waals surface area contributed by atoms with Gasteiger partial charge >= 0.3 is 0 Å². The van der Waals surface area contributed by atoms with Crippen LogP contribution in [0.25, 0.3) is 11.6 Å². The number of imidazole rings is 1. The van der Waals surface area contributed by atoms with Crippen LogP contribution >= 0.6 is 11.3 Å². The Balaban J connectivity index is 1.29. The van der Waals surface area contributed by atoms with E-state index in [1.807, 2.05) is 4.57 Å². The highest BCUT2D eigenvalue weighted by Gasteiger charge is 2.35. The zero-order chi connectivity index (χ0) is 23.4. The fraction of sp³-hybridized carbons (Fsp3) is 0.542. The largest absolute Gasteiger partial charge is 0.420 e. The maximum atomic E-state index is 13.4. The number of carbonyl (C=O) groups is 2. The Hall–Kier alpha value is -3.01. The van der Waals surface area contributed by atoms with Crippen molar-refractivity contribution in [3.8, 4) is 11.6 Å². The Morgan fingerprint density at radius 3 is 2.76 bits per heavy atom. The van der Waals surface area contributed by atoms with E-state index in [0.29, 0.717) is 42.1 Å². The van der Waals surface area contributed by atoms with E-state index >= 15 is 0 Å². The summed E-state index contributed by atoms with van der Waals surface area (Å²) in [5.74, 6) is 2.23. The topological polar surface area (TPSA) is 129 Å². The summed E-state index contributed by atoms with van der Waals surface area (Å²) >= 11 is 1.58. The number of fused-ring (bicyclic) bond motifs is 1. The summed E-state index contributed by atoms with van der Waals surface area (Å²) < 4.78 is 7.47. The second kappa shape index (κ2) is 8.33. The highest BCUT2D eigenvalue weighted by molar-refractivity contribution is 7.17. The number of aromatic nitrogens is 4. The molecular weight excluding hydrogens is 452 g/mol. The molecule has 0 aliphatic heterocycles. The van der Waals surface area contributed by atoms with Gasteiger partial charge in [-0.25, -0.2) is 4.98 Å². The smallest absolute Gasteiger partial charge is 0.270 e. The fourth-order valence-electron chi connectivity index (χ4n) is 4.83. The zero-order valence-corrected chi connectivity index (χ0v) is 20.0. The maximum absolute atomic E-state index is 13.4. The second-order valence-corrected chi connectivity index (χ2v) is 10.9. The van der Waals surface area contributed by atoms with Crippen molar-refractivity contribution in [3.05, 3.63) is 28.2 Å². The normalized spacial score (nSPS) is 19.7. The first-order chi connectivity index (χ1) is 16.5. The lowest BCUT2D eigenvalue weighted by Crippen LogP contribution is -2.20. The van der Waals surface area contributed by atoms with Gasteiger partial charge in [0.15, 0.2) is 11.5 Å². The maximum Gasteiger partial charge on any atom is 0.270 e. The highest BCUT2D eigenvalue weighted by Crippen LogP contribution is 2.44. The van der Waals surface area contributed by atoms with Crippen LogP contribution in [0.3, 0.4) is 0 Å². The van der Waals surface area contributed by atoms with Crippen LogP contribution in [0.15, 0.2) is 10.7 Å². The predicted octanol–water partition coefficient (Wildman–Crippen LogP) is 4.34. The lowest BCUT2D eigenvalue weighted by atomic mass is 9.89. The molecule has 3 N–H and O–H groups in total. The molecule has 6 rings (SSSR count). The van der Waals surface area contributed by atoms with Crippen molar-refractivity contribution in [2.75, 3.05) is 11.1 Å². The highest BCUT2D eigenvalue weighted by atomic mass is 32.1. The first-order valence-corrected chi connectivity index (χ1v) is 12.9. The van der Waals surface area contributed by atoms with Crippen LogP contribution in [0, 0.1) is 18.8 Å². The lowest BCUT2D eigenvalue weighted by Gasteiger charge is -2.25. The van der Waals surface area contributed by atoms with Gasteiger partial charge < -0.3 is 20.0 Å². The number of nitrogens with one attached hydrogen (secondary N) is 1. The molecule has 1 atom stereocenters. The molecule has 0 spiro atoms. The van der Waals surface area contributed by atoms with Crippen LogP contribution in [-0.4, -0.2) is 31.4 Å². The van der Waals surface area contributed by atoms with Crippen LogP contribution in [0.2, 0.25) is 0 Å². The Morgan fingerprint density at radius 1 is 1.24 bits per heavy atom. The monoisotopic (exact) mass is 480 g/mol. The fourth-order valence-corrected chi connectivity index (χ4v) is 6.10. The van der Waals surface area contributed by atoms with E-state index in [1.54, 1.807) is 24.6 Å². The van der Waals surface area contributed by atoms with Gasteiger partial charge in [-0.2, -0.15) is 0 Å². The molecule has 178 valence electrons. The van der Waals surface area contributed by atoms with Crippen LogP contribution in [0.1, 0.15) is 77.7 Å². The van der Waals surface area contributed by atoms with Crippen molar-refractivity contribution >= 4 is 33.8 Å². The Bertz CT molecular complexity index is 1270. The van der Waals surface area contributed by atoms with Gasteiger partial charge in [0.1, 0.15) is 10.8 Å². The van der Waals surface area contributed by atoms with E-state index in [2.05, 4.69) is 20.5 Å². The summed E-state index contributed by atoms with van der Waals surface area (Å²) in [6, 6.07) is 0.0642. The standard InChI is InChI=1S/C24H28N6O3S/c1-12-28-29-23(33-12)20-21(25)30(11-26-20)15-7-9-18-16(10-15)19(17(31)8-4-13-2-3-13)24(34-18)27-22(32)14-5-6-14/h11,13-15H,2-10,25H2,1H3,(H,27,32)/t15-/m0/s1. The van der Waals surface area contributed by atoms with Crippen molar-refractivity contribution < 1.29 is 14.0 Å². The first-order valence-electron chi connectivity index (χ1n) is 12.1. The minimum absolute atomic E-state index is 0.0461. The van der Waals surface area contributed by atoms with Gasteiger partial charge in [0.25, 0.3) is 5.89 Å². The molecule has 0 radical (unpaired) electrons. The van der Waals surface area contributed by atoms with Crippen molar-refractivity contribution in [3.63, 3.8) is 0 Å². The minimum atomic E-state index is 0.0461. The second-order valence-electron chi connectivity index (χ2n) is 9.79. The van der Waals surface area contributed by atoms with E-state index in [1.165, 1.54) is 17.7 Å². The molecule has 3 aliphatic carbocycles. The summed E-state index contributed by atoms with van der Waals surface area (Å²) in [7, 11) is 0. The number of hydrogen-bond acceptors (Lipinski definition) is 8. The third-order valence-electron chi connectivity index (χ3n) is 7.13. The third-order valence-corrected chi connectivity index (χ3v) is 8.34. The number of carbonyl (C=O) groups excluding carboxylic acids is 2. The van der Waals surface area contributed by atoms with Crippen LogP contribution in [-0.2, 0) is 17.6 Å². The van der Waals surface area contributed by atoms with Crippen molar-refractivity contribution in [1.82, 2.24) is 19.7 Å². The van der Waals surface area contributed by atoms with Gasteiger partial charge in [-0.05, 0) is 50.0 Å². The number of Topliss-reactive ketones (excluding diaryl/α,β-unsaturated/α-hetero) is 1. The van der Waals surface area contributed by atoms with Gasteiger partial charge in [0, 0.05) is 30.2 Å². The van der Waals surface area contributed by atoms with E-state index in [-0.39, 0.29) is 23.7 Å². The molecule has 2 saturated carbocycles. The Morgan fingerprint density at radius 2 is 2.06 bits per heavy atom. The predicted molar refractivity (Wildman–Crippen MR) is 128 cm³/mol. The number of rotatable bonds is 8. The molecule has 0 bridgehead atoms.